The van der Waals surface area contributed by atoms with E-state index in [0.29, 0.717) is 0 Å². The smallest absolute Gasteiger partial charge is 0.233 e. The molecule has 0 spiro atoms. The Morgan fingerprint density at radius 1 is 1.19 bits per heavy atom. The first-order valence-corrected chi connectivity index (χ1v) is 6.54. The summed E-state index contributed by atoms with van der Waals surface area (Å²) in [6, 6.07) is 11.0. The molecule has 1 atom stereocenters. The van der Waals surface area contributed by atoms with Crippen molar-refractivity contribution in [3.05, 3.63) is 65.2 Å². The molecule has 1 amide bonds. The standard InChI is InChI=1S/C16H16F2N2O/c1-10-7-14(18)15(8-13(10)17)20-16(21)12(9-19)11-5-3-2-4-6-11/h2-8,12H,9,19H2,1H3,(H,20,21). The second-order valence-corrected chi connectivity index (χ2v) is 4.77. The van der Waals surface area contributed by atoms with Crippen LogP contribution in [0.15, 0.2) is 42.5 Å². The van der Waals surface area contributed by atoms with Gasteiger partial charge in [-0.25, -0.2) is 8.78 Å². The lowest BCUT2D eigenvalue weighted by Gasteiger charge is -2.16. The molecule has 0 saturated heterocycles. The van der Waals surface area contributed by atoms with Crippen molar-refractivity contribution in [2.45, 2.75) is 12.8 Å². The number of carbonyl (C=O) groups excluding carboxylic acids is 1. The maximum atomic E-state index is 13.7. The van der Waals surface area contributed by atoms with E-state index in [9.17, 15) is 13.6 Å². The zero-order valence-electron chi connectivity index (χ0n) is 11.6. The number of aryl methyl sites for hydroxylation is 1. The predicted molar refractivity (Wildman–Crippen MR) is 78.0 cm³/mol. The largest absolute Gasteiger partial charge is 0.329 e. The molecule has 1 unspecified atom stereocenters. The third-order valence-electron chi connectivity index (χ3n) is 3.26. The molecule has 0 bridgehead atoms. The maximum Gasteiger partial charge on any atom is 0.233 e. The van der Waals surface area contributed by atoms with Crippen molar-refractivity contribution in [3.8, 4) is 0 Å². The zero-order valence-corrected chi connectivity index (χ0v) is 11.6. The van der Waals surface area contributed by atoms with Crippen LogP contribution in [0.1, 0.15) is 17.0 Å². The number of anilines is 1. The summed E-state index contributed by atoms with van der Waals surface area (Å²) in [7, 11) is 0. The van der Waals surface area contributed by atoms with Gasteiger partial charge < -0.3 is 11.1 Å². The molecular weight excluding hydrogens is 274 g/mol. The van der Waals surface area contributed by atoms with Gasteiger partial charge in [-0.05, 0) is 24.1 Å². The summed E-state index contributed by atoms with van der Waals surface area (Å²) >= 11 is 0. The van der Waals surface area contributed by atoms with E-state index in [-0.39, 0.29) is 17.8 Å². The molecule has 3 N–H and O–H groups in total. The minimum atomic E-state index is -0.675. The number of benzene rings is 2. The van der Waals surface area contributed by atoms with Gasteiger partial charge in [0.2, 0.25) is 5.91 Å². The van der Waals surface area contributed by atoms with Gasteiger partial charge in [-0.3, -0.25) is 4.79 Å². The third kappa shape index (κ3) is 3.44. The highest BCUT2D eigenvalue weighted by atomic mass is 19.1. The summed E-state index contributed by atoms with van der Waals surface area (Å²) in [5, 5.41) is 2.39. The molecule has 2 aromatic rings. The van der Waals surface area contributed by atoms with Gasteiger partial charge in [0.15, 0.2) is 0 Å². The van der Waals surface area contributed by atoms with E-state index in [1.807, 2.05) is 6.07 Å². The number of halogens is 2. The number of hydrogen-bond donors (Lipinski definition) is 2. The lowest BCUT2D eigenvalue weighted by atomic mass is 9.98. The summed E-state index contributed by atoms with van der Waals surface area (Å²) in [4.78, 5) is 12.2. The average molecular weight is 290 g/mol. The summed E-state index contributed by atoms with van der Waals surface area (Å²) in [5.41, 5.74) is 6.35. The fraction of sp³-hybridized carbons (Fsp3) is 0.188. The van der Waals surface area contributed by atoms with Crippen LogP contribution in [0, 0.1) is 18.6 Å². The molecule has 0 radical (unpaired) electrons. The number of nitrogens with two attached hydrogens (primary N) is 1. The summed E-state index contributed by atoms with van der Waals surface area (Å²) in [6.45, 7) is 1.53. The second-order valence-electron chi connectivity index (χ2n) is 4.77. The molecule has 2 rings (SSSR count). The van der Waals surface area contributed by atoms with E-state index in [2.05, 4.69) is 5.32 Å². The second kappa shape index (κ2) is 6.45. The predicted octanol–water partition coefficient (Wildman–Crippen LogP) is 2.95. The van der Waals surface area contributed by atoms with Crippen LogP contribution in [0.5, 0.6) is 0 Å². The number of nitrogens with one attached hydrogen (secondary N) is 1. The normalized spacial score (nSPS) is 12.0. The molecule has 0 aliphatic rings. The zero-order chi connectivity index (χ0) is 15.4. The molecule has 3 nitrogen and oxygen atoms in total. The Morgan fingerprint density at radius 2 is 1.86 bits per heavy atom. The van der Waals surface area contributed by atoms with Crippen LogP contribution in [0.4, 0.5) is 14.5 Å². The summed E-state index contributed by atoms with van der Waals surface area (Å²) in [6.07, 6.45) is 0. The van der Waals surface area contributed by atoms with Gasteiger partial charge in [-0.1, -0.05) is 30.3 Å². The minimum Gasteiger partial charge on any atom is -0.329 e. The fourth-order valence-electron chi connectivity index (χ4n) is 2.04. The number of hydrogen-bond acceptors (Lipinski definition) is 2. The molecule has 0 heterocycles. The van der Waals surface area contributed by atoms with Gasteiger partial charge in [-0.2, -0.15) is 0 Å². The van der Waals surface area contributed by atoms with Crippen molar-refractivity contribution in [2.24, 2.45) is 5.73 Å². The highest BCUT2D eigenvalue weighted by Crippen LogP contribution is 2.22. The Kier molecular flexibility index (Phi) is 4.65. The van der Waals surface area contributed by atoms with E-state index in [1.165, 1.54) is 6.92 Å². The highest BCUT2D eigenvalue weighted by molar-refractivity contribution is 5.96. The molecule has 2 aromatic carbocycles. The first kappa shape index (κ1) is 15.1. The van der Waals surface area contributed by atoms with E-state index in [4.69, 9.17) is 5.73 Å². The Morgan fingerprint density at radius 3 is 2.48 bits per heavy atom. The van der Waals surface area contributed by atoms with Crippen LogP contribution in [0.25, 0.3) is 0 Å². The van der Waals surface area contributed by atoms with Gasteiger partial charge in [0.1, 0.15) is 11.6 Å². The van der Waals surface area contributed by atoms with E-state index >= 15 is 0 Å². The lowest BCUT2D eigenvalue weighted by Crippen LogP contribution is -2.27. The molecular formula is C16H16F2N2O. The maximum absolute atomic E-state index is 13.7. The molecule has 0 aliphatic heterocycles. The van der Waals surface area contributed by atoms with Gasteiger partial charge in [0.25, 0.3) is 0 Å². The van der Waals surface area contributed by atoms with Crippen LogP contribution >= 0.6 is 0 Å². The Hall–Kier alpha value is -2.27. The molecule has 0 saturated carbocycles. The first-order chi connectivity index (χ1) is 10.0. The van der Waals surface area contributed by atoms with E-state index in [1.54, 1.807) is 24.3 Å². The van der Waals surface area contributed by atoms with Crippen molar-refractivity contribution in [1.29, 1.82) is 0 Å². The van der Waals surface area contributed by atoms with Gasteiger partial charge in [0, 0.05) is 12.6 Å². The van der Waals surface area contributed by atoms with Crippen molar-refractivity contribution in [2.75, 3.05) is 11.9 Å². The van der Waals surface area contributed by atoms with Crippen LogP contribution in [0.2, 0.25) is 0 Å². The SMILES string of the molecule is Cc1cc(F)c(NC(=O)C(CN)c2ccccc2)cc1F. The lowest BCUT2D eigenvalue weighted by molar-refractivity contribution is -0.117. The minimum absolute atomic E-state index is 0.0752. The molecule has 5 heteroatoms. The van der Waals surface area contributed by atoms with Crippen molar-refractivity contribution < 1.29 is 13.6 Å². The third-order valence-corrected chi connectivity index (χ3v) is 3.26. The Labute approximate surface area is 121 Å². The van der Waals surface area contributed by atoms with Crippen LogP contribution < -0.4 is 11.1 Å². The van der Waals surface area contributed by atoms with Gasteiger partial charge in [-0.15, -0.1) is 0 Å². The fourth-order valence-corrected chi connectivity index (χ4v) is 2.04. The topological polar surface area (TPSA) is 55.1 Å². The van der Waals surface area contributed by atoms with Crippen molar-refractivity contribution >= 4 is 11.6 Å². The number of carbonyl (C=O) groups is 1. The first-order valence-electron chi connectivity index (χ1n) is 6.54. The summed E-state index contributed by atoms with van der Waals surface area (Å²) < 4.78 is 27.2. The van der Waals surface area contributed by atoms with Gasteiger partial charge >= 0.3 is 0 Å². The Bertz CT molecular complexity index is 644. The quantitative estimate of drug-likeness (QED) is 0.909. The van der Waals surface area contributed by atoms with E-state index in [0.717, 1.165) is 17.7 Å². The number of amides is 1. The van der Waals surface area contributed by atoms with E-state index < -0.39 is 23.5 Å². The molecule has 0 aromatic heterocycles. The molecule has 110 valence electrons. The monoisotopic (exact) mass is 290 g/mol. The van der Waals surface area contributed by atoms with Crippen LogP contribution in [0.3, 0.4) is 0 Å². The highest BCUT2D eigenvalue weighted by Gasteiger charge is 2.20. The van der Waals surface area contributed by atoms with Crippen LogP contribution in [-0.4, -0.2) is 12.5 Å². The Balaban J connectivity index is 2.23. The summed E-state index contributed by atoms with van der Waals surface area (Å²) in [5.74, 6) is -2.33. The van der Waals surface area contributed by atoms with Crippen LogP contribution in [-0.2, 0) is 4.79 Å². The van der Waals surface area contributed by atoms with Crippen molar-refractivity contribution in [3.63, 3.8) is 0 Å². The number of rotatable bonds is 4. The van der Waals surface area contributed by atoms with Crippen molar-refractivity contribution in [1.82, 2.24) is 0 Å². The molecule has 21 heavy (non-hydrogen) atoms. The molecule has 0 aliphatic carbocycles. The molecule has 0 fully saturated rings. The van der Waals surface area contributed by atoms with Gasteiger partial charge in [0.05, 0.1) is 11.6 Å². The average Bonchev–Trinajstić information content (AvgIpc) is 2.46.